The number of nitrogens with one attached hydrogen (secondary N) is 1. The Kier molecular flexibility index (Phi) is 6.69. The summed E-state index contributed by atoms with van der Waals surface area (Å²) in [7, 11) is 1.59. The van der Waals surface area contributed by atoms with E-state index in [1.54, 1.807) is 25.3 Å². The van der Waals surface area contributed by atoms with Gasteiger partial charge in [0.2, 0.25) is 0 Å². The molecule has 0 spiro atoms. The molecule has 0 saturated carbocycles. The van der Waals surface area contributed by atoms with Crippen LogP contribution >= 0.6 is 11.6 Å². The van der Waals surface area contributed by atoms with E-state index in [1.807, 2.05) is 42.5 Å². The second kappa shape index (κ2) is 9.40. The predicted molar refractivity (Wildman–Crippen MR) is 106 cm³/mol. The lowest BCUT2D eigenvalue weighted by atomic mass is 10.1. The van der Waals surface area contributed by atoms with Crippen LogP contribution in [-0.4, -0.2) is 7.11 Å². The maximum atomic E-state index is 13.7. The van der Waals surface area contributed by atoms with E-state index in [1.165, 1.54) is 6.07 Å². The Morgan fingerprint density at radius 1 is 0.889 bits per heavy atom. The summed E-state index contributed by atoms with van der Waals surface area (Å²) in [5.41, 5.74) is 2.61. The number of ether oxygens (including phenoxy) is 2. The van der Waals surface area contributed by atoms with E-state index in [0.717, 1.165) is 16.1 Å². The number of halogens is 2. The fourth-order valence-corrected chi connectivity index (χ4v) is 2.90. The average Bonchev–Trinajstić information content (AvgIpc) is 2.69. The van der Waals surface area contributed by atoms with Gasteiger partial charge < -0.3 is 14.8 Å². The van der Waals surface area contributed by atoms with Crippen LogP contribution in [-0.2, 0) is 19.7 Å². The fourth-order valence-electron chi connectivity index (χ4n) is 2.70. The van der Waals surface area contributed by atoms with E-state index < -0.39 is 0 Å². The second-order valence-electron chi connectivity index (χ2n) is 6.06. The highest BCUT2D eigenvalue weighted by Gasteiger charge is 2.08. The van der Waals surface area contributed by atoms with Gasteiger partial charge in [0.15, 0.2) is 11.5 Å². The van der Waals surface area contributed by atoms with Gasteiger partial charge >= 0.3 is 0 Å². The summed E-state index contributed by atoms with van der Waals surface area (Å²) in [6.07, 6.45) is 0. The summed E-state index contributed by atoms with van der Waals surface area (Å²) in [5, 5.41) is 4.11. The van der Waals surface area contributed by atoms with Gasteiger partial charge in [-0.15, -0.1) is 0 Å². The Morgan fingerprint density at radius 3 is 2.37 bits per heavy atom. The molecule has 0 aliphatic heterocycles. The van der Waals surface area contributed by atoms with Gasteiger partial charge in [-0.1, -0.05) is 54.1 Å². The molecular formula is C22H21ClFNO2. The minimum Gasteiger partial charge on any atom is -0.493 e. The normalized spacial score (nSPS) is 10.6. The third-order valence-electron chi connectivity index (χ3n) is 4.17. The minimum atomic E-state index is -0.281. The van der Waals surface area contributed by atoms with E-state index in [-0.39, 0.29) is 12.4 Å². The molecule has 5 heteroatoms. The van der Waals surface area contributed by atoms with E-state index >= 15 is 0 Å². The molecule has 0 unspecified atom stereocenters. The molecule has 3 rings (SSSR count). The monoisotopic (exact) mass is 385 g/mol. The molecule has 0 aliphatic rings. The van der Waals surface area contributed by atoms with Crippen LogP contribution in [0.4, 0.5) is 4.39 Å². The number of benzene rings is 3. The van der Waals surface area contributed by atoms with Crippen molar-refractivity contribution in [2.45, 2.75) is 19.7 Å². The Hall–Kier alpha value is -2.56. The van der Waals surface area contributed by atoms with E-state index in [9.17, 15) is 4.39 Å². The van der Waals surface area contributed by atoms with Crippen molar-refractivity contribution in [3.05, 3.63) is 94.3 Å². The SMILES string of the molecule is COc1cc(CNCc2ccccc2Cl)ccc1OCc1ccccc1F. The second-order valence-corrected chi connectivity index (χ2v) is 6.47. The predicted octanol–water partition coefficient (Wildman–Crippen LogP) is 5.36. The average molecular weight is 386 g/mol. The molecule has 0 fully saturated rings. The summed E-state index contributed by atoms with van der Waals surface area (Å²) in [6.45, 7) is 1.48. The van der Waals surface area contributed by atoms with Gasteiger partial charge in [-0.3, -0.25) is 0 Å². The first-order chi connectivity index (χ1) is 13.2. The van der Waals surface area contributed by atoms with Crippen LogP contribution < -0.4 is 14.8 Å². The van der Waals surface area contributed by atoms with Crippen LogP contribution in [0.3, 0.4) is 0 Å². The smallest absolute Gasteiger partial charge is 0.161 e. The van der Waals surface area contributed by atoms with Gasteiger partial charge in [0.1, 0.15) is 12.4 Å². The third-order valence-corrected chi connectivity index (χ3v) is 4.54. The van der Waals surface area contributed by atoms with Crippen molar-refractivity contribution in [3.63, 3.8) is 0 Å². The lowest BCUT2D eigenvalue weighted by molar-refractivity contribution is 0.279. The van der Waals surface area contributed by atoms with Crippen LogP contribution in [0.2, 0.25) is 5.02 Å². The molecule has 0 aromatic heterocycles. The highest BCUT2D eigenvalue weighted by Crippen LogP contribution is 2.29. The van der Waals surface area contributed by atoms with Crippen molar-refractivity contribution < 1.29 is 13.9 Å². The lowest BCUT2D eigenvalue weighted by Crippen LogP contribution is -2.13. The molecule has 1 N–H and O–H groups in total. The quantitative estimate of drug-likeness (QED) is 0.566. The first-order valence-electron chi connectivity index (χ1n) is 8.64. The fraction of sp³-hybridized carbons (Fsp3) is 0.182. The van der Waals surface area contributed by atoms with Crippen molar-refractivity contribution in [3.8, 4) is 11.5 Å². The largest absolute Gasteiger partial charge is 0.493 e. The van der Waals surface area contributed by atoms with Crippen LogP contribution in [0.5, 0.6) is 11.5 Å². The summed E-state index contributed by atoms with van der Waals surface area (Å²) >= 11 is 6.17. The Bertz CT molecular complexity index is 901. The lowest BCUT2D eigenvalue weighted by Gasteiger charge is -2.13. The molecule has 0 aliphatic carbocycles. The summed E-state index contributed by atoms with van der Waals surface area (Å²) in [4.78, 5) is 0. The van der Waals surface area contributed by atoms with Crippen molar-refractivity contribution in [2.75, 3.05) is 7.11 Å². The van der Waals surface area contributed by atoms with E-state index in [4.69, 9.17) is 21.1 Å². The number of methoxy groups -OCH3 is 1. The topological polar surface area (TPSA) is 30.5 Å². The molecule has 0 bridgehead atoms. The minimum absolute atomic E-state index is 0.146. The zero-order valence-corrected chi connectivity index (χ0v) is 15.8. The molecule has 0 radical (unpaired) electrons. The first-order valence-corrected chi connectivity index (χ1v) is 9.02. The van der Waals surface area contributed by atoms with Gasteiger partial charge in [0, 0.05) is 23.7 Å². The van der Waals surface area contributed by atoms with Crippen molar-refractivity contribution >= 4 is 11.6 Å². The molecule has 27 heavy (non-hydrogen) atoms. The molecular weight excluding hydrogens is 365 g/mol. The Morgan fingerprint density at radius 2 is 1.63 bits per heavy atom. The number of hydrogen-bond donors (Lipinski definition) is 1. The maximum Gasteiger partial charge on any atom is 0.161 e. The van der Waals surface area contributed by atoms with Crippen LogP contribution in [0.1, 0.15) is 16.7 Å². The van der Waals surface area contributed by atoms with Crippen LogP contribution in [0.15, 0.2) is 66.7 Å². The summed E-state index contributed by atoms with van der Waals surface area (Å²) < 4.78 is 24.9. The first kappa shape index (κ1) is 19.2. The molecule has 0 amide bonds. The Balaban J connectivity index is 1.60. The standard InChI is InChI=1S/C22H21ClFNO2/c1-26-22-12-16(13-25-14-17-6-2-4-8-19(17)23)10-11-21(22)27-15-18-7-3-5-9-20(18)24/h2-12,25H,13-15H2,1H3. The van der Waals surface area contributed by atoms with Crippen molar-refractivity contribution in [1.29, 1.82) is 0 Å². The molecule has 140 valence electrons. The summed E-state index contributed by atoms with van der Waals surface area (Å²) in [6, 6.07) is 20.0. The molecule has 3 aromatic carbocycles. The number of rotatable bonds is 8. The summed E-state index contributed by atoms with van der Waals surface area (Å²) in [5.74, 6) is 0.913. The zero-order chi connectivity index (χ0) is 19.1. The maximum absolute atomic E-state index is 13.7. The van der Waals surface area contributed by atoms with Crippen LogP contribution in [0.25, 0.3) is 0 Å². The van der Waals surface area contributed by atoms with Gasteiger partial charge in [0.05, 0.1) is 7.11 Å². The highest BCUT2D eigenvalue weighted by atomic mass is 35.5. The number of hydrogen-bond acceptors (Lipinski definition) is 3. The molecule has 0 atom stereocenters. The molecule has 3 aromatic rings. The van der Waals surface area contributed by atoms with Gasteiger partial charge in [-0.25, -0.2) is 4.39 Å². The van der Waals surface area contributed by atoms with E-state index in [0.29, 0.717) is 30.2 Å². The van der Waals surface area contributed by atoms with Gasteiger partial charge in [-0.2, -0.15) is 0 Å². The highest BCUT2D eigenvalue weighted by molar-refractivity contribution is 6.31. The zero-order valence-electron chi connectivity index (χ0n) is 15.0. The molecule has 0 saturated heterocycles. The Labute approximate surface area is 163 Å². The van der Waals surface area contributed by atoms with Crippen LogP contribution in [0, 0.1) is 5.82 Å². The van der Waals surface area contributed by atoms with Crippen molar-refractivity contribution in [1.82, 2.24) is 5.32 Å². The van der Waals surface area contributed by atoms with Crippen molar-refractivity contribution in [2.24, 2.45) is 0 Å². The van der Waals surface area contributed by atoms with E-state index in [2.05, 4.69) is 5.32 Å². The molecule has 0 heterocycles. The van der Waals surface area contributed by atoms with Gasteiger partial charge in [-0.05, 0) is 35.4 Å². The third kappa shape index (κ3) is 5.22. The van der Waals surface area contributed by atoms with Gasteiger partial charge in [0.25, 0.3) is 0 Å². The molecule has 3 nitrogen and oxygen atoms in total.